The molecule has 0 unspecified atom stereocenters. The molecule has 0 atom stereocenters. The lowest BCUT2D eigenvalue weighted by molar-refractivity contribution is -0.114. The summed E-state index contributed by atoms with van der Waals surface area (Å²) in [5.41, 5.74) is 0.998. The Morgan fingerprint density at radius 2 is 1.86 bits per heavy atom. The van der Waals surface area contributed by atoms with Crippen LogP contribution in [-0.2, 0) is 9.53 Å². The Bertz CT molecular complexity index is 684. The maximum absolute atomic E-state index is 11.9. The SMILES string of the molecule is CC(=O)Nc1ccc(C(=O)COC(=O)c2cnccn2)cc1. The van der Waals surface area contributed by atoms with E-state index in [1.165, 1.54) is 25.5 Å². The highest BCUT2D eigenvalue weighted by Crippen LogP contribution is 2.10. The molecule has 0 aliphatic heterocycles. The Hall–Kier alpha value is -3.09. The summed E-state index contributed by atoms with van der Waals surface area (Å²) >= 11 is 0. The average molecular weight is 299 g/mol. The Morgan fingerprint density at radius 3 is 2.45 bits per heavy atom. The van der Waals surface area contributed by atoms with Gasteiger partial charge in [-0.05, 0) is 24.3 Å². The van der Waals surface area contributed by atoms with Gasteiger partial charge in [0, 0.05) is 30.6 Å². The topological polar surface area (TPSA) is 98.2 Å². The van der Waals surface area contributed by atoms with Crippen LogP contribution in [-0.4, -0.2) is 34.2 Å². The lowest BCUT2D eigenvalue weighted by atomic mass is 10.1. The van der Waals surface area contributed by atoms with Crippen molar-refractivity contribution < 1.29 is 19.1 Å². The van der Waals surface area contributed by atoms with E-state index in [0.717, 1.165) is 0 Å². The van der Waals surface area contributed by atoms with Crippen LogP contribution in [0.3, 0.4) is 0 Å². The molecule has 0 radical (unpaired) electrons. The minimum absolute atomic E-state index is 0.0382. The number of hydrogen-bond donors (Lipinski definition) is 1. The van der Waals surface area contributed by atoms with Crippen molar-refractivity contribution in [3.8, 4) is 0 Å². The van der Waals surface area contributed by atoms with Crippen molar-refractivity contribution in [2.75, 3.05) is 11.9 Å². The van der Waals surface area contributed by atoms with Crippen molar-refractivity contribution in [2.24, 2.45) is 0 Å². The first-order valence-corrected chi connectivity index (χ1v) is 6.40. The number of nitrogens with zero attached hydrogens (tertiary/aromatic N) is 2. The van der Waals surface area contributed by atoms with Crippen LogP contribution in [0.2, 0.25) is 0 Å². The number of benzene rings is 1. The van der Waals surface area contributed by atoms with Gasteiger partial charge in [-0.3, -0.25) is 14.6 Å². The number of hydrogen-bond acceptors (Lipinski definition) is 6. The molecule has 1 amide bonds. The number of anilines is 1. The van der Waals surface area contributed by atoms with Crippen molar-refractivity contribution >= 4 is 23.3 Å². The van der Waals surface area contributed by atoms with Crippen molar-refractivity contribution in [1.29, 1.82) is 0 Å². The van der Waals surface area contributed by atoms with E-state index in [0.29, 0.717) is 11.3 Å². The van der Waals surface area contributed by atoms with Gasteiger partial charge >= 0.3 is 5.97 Å². The maximum Gasteiger partial charge on any atom is 0.358 e. The van der Waals surface area contributed by atoms with Crippen molar-refractivity contribution in [2.45, 2.75) is 6.92 Å². The fraction of sp³-hybridized carbons (Fsp3) is 0.133. The van der Waals surface area contributed by atoms with E-state index in [9.17, 15) is 14.4 Å². The summed E-state index contributed by atoms with van der Waals surface area (Å²) in [6, 6.07) is 6.28. The number of ketones is 1. The standard InChI is InChI=1S/C15H13N3O4/c1-10(19)18-12-4-2-11(3-5-12)14(20)9-22-15(21)13-8-16-6-7-17-13/h2-8H,9H2,1H3,(H,18,19). The smallest absolute Gasteiger partial charge is 0.358 e. The van der Waals surface area contributed by atoms with E-state index in [1.54, 1.807) is 24.3 Å². The van der Waals surface area contributed by atoms with Crippen LogP contribution >= 0.6 is 0 Å². The molecular weight excluding hydrogens is 286 g/mol. The summed E-state index contributed by atoms with van der Waals surface area (Å²) in [7, 11) is 0. The minimum Gasteiger partial charge on any atom is -0.453 e. The van der Waals surface area contributed by atoms with Crippen LogP contribution in [0.4, 0.5) is 5.69 Å². The van der Waals surface area contributed by atoms with E-state index >= 15 is 0 Å². The second-order valence-corrected chi connectivity index (χ2v) is 4.35. The van der Waals surface area contributed by atoms with Gasteiger partial charge in [-0.15, -0.1) is 0 Å². The predicted octanol–water partition coefficient (Wildman–Crippen LogP) is 1.47. The molecule has 2 rings (SSSR count). The number of ether oxygens (including phenoxy) is 1. The van der Waals surface area contributed by atoms with E-state index < -0.39 is 12.6 Å². The third-order valence-corrected chi connectivity index (χ3v) is 2.63. The summed E-state index contributed by atoms with van der Waals surface area (Å²) in [6.07, 6.45) is 4.05. The maximum atomic E-state index is 11.9. The van der Waals surface area contributed by atoms with Gasteiger partial charge in [-0.2, -0.15) is 0 Å². The highest BCUT2D eigenvalue weighted by Gasteiger charge is 2.12. The Kier molecular flexibility index (Phi) is 4.92. The molecule has 1 N–H and O–H groups in total. The molecule has 1 aromatic heterocycles. The molecule has 0 spiro atoms. The number of rotatable bonds is 5. The van der Waals surface area contributed by atoms with Gasteiger partial charge in [0.05, 0.1) is 6.20 Å². The fourth-order valence-electron chi connectivity index (χ4n) is 1.64. The average Bonchev–Trinajstić information content (AvgIpc) is 2.53. The lowest BCUT2D eigenvalue weighted by Crippen LogP contribution is -2.15. The van der Waals surface area contributed by atoms with Gasteiger partial charge in [-0.1, -0.05) is 0 Å². The number of amides is 1. The molecule has 22 heavy (non-hydrogen) atoms. The van der Waals surface area contributed by atoms with Crippen molar-refractivity contribution in [3.63, 3.8) is 0 Å². The third-order valence-electron chi connectivity index (χ3n) is 2.63. The number of esters is 1. The molecule has 0 aliphatic rings. The quantitative estimate of drug-likeness (QED) is 0.663. The number of carbonyl (C=O) groups excluding carboxylic acids is 3. The largest absolute Gasteiger partial charge is 0.453 e. The molecule has 0 aliphatic carbocycles. The molecular formula is C15H13N3O4. The Morgan fingerprint density at radius 1 is 1.14 bits per heavy atom. The number of Topliss-reactive ketones (excluding diaryl/α,β-unsaturated/α-hetero) is 1. The van der Waals surface area contributed by atoms with Crippen molar-refractivity contribution in [1.82, 2.24) is 9.97 Å². The van der Waals surface area contributed by atoms with Gasteiger partial charge in [-0.25, -0.2) is 9.78 Å². The zero-order valence-corrected chi connectivity index (χ0v) is 11.8. The van der Waals surface area contributed by atoms with Crippen LogP contribution in [0.5, 0.6) is 0 Å². The van der Waals surface area contributed by atoms with E-state index in [-0.39, 0.29) is 17.4 Å². The van der Waals surface area contributed by atoms with Crippen LogP contribution in [0.25, 0.3) is 0 Å². The van der Waals surface area contributed by atoms with E-state index in [2.05, 4.69) is 15.3 Å². The van der Waals surface area contributed by atoms with Crippen LogP contribution in [0.1, 0.15) is 27.8 Å². The molecule has 7 heteroatoms. The first-order valence-electron chi connectivity index (χ1n) is 6.40. The van der Waals surface area contributed by atoms with Gasteiger partial charge < -0.3 is 10.1 Å². The van der Waals surface area contributed by atoms with E-state index in [4.69, 9.17) is 4.74 Å². The lowest BCUT2D eigenvalue weighted by Gasteiger charge is -2.05. The molecule has 0 saturated heterocycles. The van der Waals surface area contributed by atoms with Gasteiger partial charge in [0.15, 0.2) is 18.1 Å². The fourth-order valence-corrected chi connectivity index (χ4v) is 1.64. The number of nitrogens with one attached hydrogen (secondary N) is 1. The normalized spacial score (nSPS) is 9.86. The minimum atomic E-state index is -0.712. The molecule has 0 fully saturated rings. The van der Waals surface area contributed by atoms with Gasteiger partial charge in [0.1, 0.15) is 0 Å². The zero-order valence-electron chi connectivity index (χ0n) is 11.8. The molecule has 2 aromatic rings. The summed E-state index contributed by atoms with van der Waals surface area (Å²) < 4.78 is 4.88. The Balaban J connectivity index is 1.92. The van der Waals surface area contributed by atoms with Gasteiger partial charge in [0.25, 0.3) is 0 Å². The second kappa shape index (κ2) is 7.07. The third kappa shape index (κ3) is 4.20. The molecule has 0 bridgehead atoms. The summed E-state index contributed by atoms with van der Waals surface area (Å²) in [5, 5.41) is 2.59. The second-order valence-electron chi connectivity index (χ2n) is 4.35. The number of carbonyl (C=O) groups is 3. The zero-order chi connectivity index (χ0) is 15.9. The number of aromatic nitrogens is 2. The van der Waals surface area contributed by atoms with Crippen molar-refractivity contribution in [3.05, 3.63) is 54.1 Å². The monoisotopic (exact) mass is 299 g/mol. The Labute approximate surface area is 126 Å². The highest BCUT2D eigenvalue weighted by molar-refractivity contribution is 5.99. The van der Waals surface area contributed by atoms with Crippen LogP contribution < -0.4 is 5.32 Å². The summed E-state index contributed by atoms with van der Waals surface area (Å²) in [5.74, 6) is -1.26. The van der Waals surface area contributed by atoms with Crippen LogP contribution in [0.15, 0.2) is 42.9 Å². The summed E-state index contributed by atoms with van der Waals surface area (Å²) in [4.78, 5) is 42.0. The molecule has 112 valence electrons. The van der Waals surface area contributed by atoms with E-state index in [1.807, 2.05) is 0 Å². The first kappa shape index (κ1) is 15.3. The summed E-state index contributed by atoms with van der Waals surface area (Å²) in [6.45, 7) is 1.000. The molecule has 0 saturated carbocycles. The molecule has 7 nitrogen and oxygen atoms in total. The highest BCUT2D eigenvalue weighted by atomic mass is 16.5. The van der Waals surface area contributed by atoms with Crippen LogP contribution in [0, 0.1) is 0 Å². The first-order chi connectivity index (χ1) is 10.6. The molecule has 1 heterocycles. The molecule has 1 aromatic carbocycles. The predicted molar refractivity (Wildman–Crippen MR) is 77.4 cm³/mol. The van der Waals surface area contributed by atoms with Gasteiger partial charge in [0.2, 0.25) is 5.91 Å².